The molecule has 0 aliphatic carbocycles. The van der Waals surface area contributed by atoms with E-state index in [-0.39, 0.29) is 11.6 Å². The minimum atomic E-state index is -0.467. The molecule has 30 heavy (non-hydrogen) atoms. The molecule has 1 atom stereocenters. The number of benzene rings is 1. The van der Waals surface area contributed by atoms with Crippen molar-refractivity contribution in [3.63, 3.8) is 0 Å². The summed E-state index contributed by atoms with van der Waals surface area (Å²) in [5.41, 5.74) is 3.62. The zero-order valence-electron chi connectivity index (χ0n) is 16.0. The van der Waals surface area contributed by atoms with Gasteiger partial charge in [0, 0.05) is 11.7 Å². The Morgan fingerprint density at radius 1 is 1.10 bits per heavy atom. The van der Waals surface area contributed by atoms with Crippen molar-refractivity contribution < 1.29 is 4.39 Å². The number of H-pyrrole nitrogens is 1. The van der Waals surface area contributed by atoms with Crippen LogP contribution in [0.4, 0.5) is 10.2 Å². The minimum absolute atomic E-state index is 0.274. The van der Waals surface area contributed by atoms with Gasteiger partial charge < -0.3 is 10.3 Å². The van der Waals surface area contributed by atoms with Crippen LogP contribution in [0.15, 0.2) is 72.2 Å². The summed E-state index contributed by atoms with van der Waals surface area (Å²) in [6.45, 7) is 1.95. The molecule has 5 rings (SSSR count). The number of nitrogens with one attached hydrogen (secondary N) is 2. The third kappa shape index (κ3) is 2.98. The van der Waals surface area contributed by atoms with E-state index >= 15 is 0 Å². The van der Waals surface area contributed by atoms with Crippen molar-refractivity contribution in [3.05, 3.63) is 89.1 Å². The van der Waals surface area contributed by atoms with Gasteiger partial charge in [-0.2, -0.15) is 0 Å². The number of aromatic amines is 1. The molecule has 0 amide bonds. The van der Waals surface area contributed by atoms with Crippen LogP contribution in [0.2, 0.25) is 0 Å². The highest BCUT2D eigenvalue weighted by molar-refractivity contribution is 5.82. The van der Waals surface area contributed by atoms with E-state index in [9.17, 15) is 9.18 Å². The maximum absolute atomic E-state index is 13.8. The monoisotopic (exact) mass is 400 g/mol. The predicted molar refractivity (Wildman–Crippen MR) is 113 cm³/mol. The fourth-order valence-corrected chi connectivity index (χ4v) is 3.65. The summed E-state index contributed by atoms with van der Waals surface area (Å²) in [6, 6.07) is 13.9. The molecular weight excluding hydrogens is 383 g/mol. The molecule has 4 aromatic heterocycles. The largest absolute Gasteiger partial charge is 0.362 e. The summed E-state index contributed by atoms with van der Waals surface area (Å²) in [7, 11) is 0. The van der Waals surface area contributed by atoms with Gasteiger partial charge in [0.15, 0.2) is 11.5 Å². The van der Waals surface area contributed by atoms with Gasteiger partial charge in [-0.25, -0.2) is 19.3 Å². The van der Waals surface area contributed by atoms with Gasteiger partial charge in [0.05, 0.1) is 17.9 Å². The number of halogens is 1. The molecule has 0 spiro atoms. The van der Waals surface area contributed by atoms with Crippen LogP contribution in [0.25, 0.3) is 27.8 Å². The molecular formula is C22H17FN6O. The third-order valence-electron chi connectivity index (χ3n) is 5.07. The quantitative estimate of drug-likeness (QED) is 0.477. The molecule has 0 saturated carbocycles. The number of pyridine rings is 2. The standard InChI is InChI=1S/C22H17FN6O/c1-13(28-21-19-20(25-11-24-19)26-12-27-21)17-9-16-8-7-15(23)10-29(16)22(30)18(17)14-5-3-2-4-6-14/h2-13H,1H3,(H2,24,25,26,27,28)/t13-/m0/s1. The smallest absolute Gasteiger partial charge is 0.263 e. The number of anilines is 1. The van der Waals surface area contributed by atoms with E-state index in [0.717, 1.165) is 11.1 Å². The van der Waals surface area contributed by atoms with Crippen molar-refractivity contribution in [2.45, 2.75) is 13.0 Å². The lowest BCUT2D eigenvalue weighted by Gasteiger charge is -2.20. The van der Waals surface area contributed by atoms with Gasteiger partial charge in [-0.05, 0) is 36.2 Å². The number of hydrogen-bond donors (Lipinski definition) is 2. The second-order valence-electron chi connectivity index (χ2n) is 6.98. The van der Waals surface area contributed by atoms with Crippen molar-refractivity contribution in [2.24, 2.45) is 0 Å². The molecule has 0 bridgehead atoms. The van der Waals surface area contributed by atoms with Crippen LogP contribution in [0.3, 0.4) is 0 Å². The van der Waals surface area contributed by atoms with Crippen LogP contribution >= 0.6 is 0 Å². The molecule has 2 N–H and O–H groups in total. The van der Waals surface area contributed by atoms with Crippen molar-refractivity contribution in [1.29, 1.82) is 0 Å². The second kappa shape index (κ2) is 7.07. The summed E-state index contributed by atoms with van der Waals surface area (Å²) in [6.07, 6.45) is 4.21. The van der Waals surface area contributed by atoms with E-state index in [1.807, 2.05) is 43.3 Å². The topological polar surface area (TPSA) is 88.0 Å². The van der Waals surface area contributed by atoms with Crippen LogP contribution in [0, 0.1) is 5.82 Å². The van der Waals surface area contributed by atoms with Crippen molar-refractivity contribution in [3.8, 4) is 11.1 Å². The van der Waals surface area contributed by atoms with Crippen molar-refractivity contribution in [2.75, 3.05) is 5.32 Å². The van der Waals surface area contributed by atoms with E-state index in [1.165, 1.54) is 23.0 Å². The second-order valence-corrected chi connectivity index (χ2v) is 6.98. The molecule has 0 fully saturated rings. The first-order chi connectivity index (χ1) is 14.6. The fourth-order valence-electron chi connectivity index (χ4n) is 3.65. The van der Waals surface area contributed by atoms with Gasteiger partial charge >= 0.3 is 0 Å². The number of hydrogen-bond acceptors (Lipinski definition) is 5. The lowest BCUT2D eigenvalue weighted by molar-refractivity contribution is 0.618. The lowest BCUT2D eigenvalue weighted by Crippen LogP contribution is -2.21. The Morgan fingerprint density at radius 2 is 1.93 bits per heavy atom. The molecule has 0 aliphatic rings. The molecule has 0 aliphatic heterocycles. The highest BCUT2D eigenvalue weighted by Gasteiger charge is 2.19. The number of aromatic nitrogens is 5. The normalized spacial score (nSPS) is 12.3. The van der Waals surface area contributed by atoms with Gasteiger partial charge in [-0.3, -0.25) is 9.20 Å². The minimum Gasteiger partial charge on any atom is -0.362 e. The van der Waals surface area contributed by atoms with Crippen LogP contribution in [-0.4, -0.2) is 24.3 Å². The zero-order valence-corrected chi connectivity index (χ0v) is 16.0. The molecule has 4 heterocycles. The Kier molecular flexibility index (Phi) is 4.24. The summed E-state index contributed by atoms with van der Waals surface area (Å²) in [5.74, 6) is 0.119. The zero-order chi connectivity index (χ0) is 20.7. The Bertz CT molecular complexity index is 1430. The third-order valence-corrected chi connectivity index (χ3v) is 5.07. The van der Waals surface area contributed by atoms with Crippen molar-refractivity contribution in [1.82, 2.24) is 24.3 Å². The van der Waals surface area contributed by atoms with E-state index in [4.69, 9.17) is 0 Å². The Labute approximate surface area is 170 Å². The molecule has 7 nitrogen and oxygen atoms in total. The average molecular weight is 400 g/mol. The Morgan fingerprint density at radius 3 is 2.77 bits per heavy atom. The molecule has 0 radical (unpaired) electrons. The first kappa shape index (κ1) is 18.0. The summed E-state index contributed by atoms with van der Waals surface area (Å²) in [4.78, 5) is 29.0. The van der Waals surface area contributed by atoms with Gasteiger partial charge in [-0.1, -0.05) is 30.3 Å². The predicted octanol–water partition coefficient (Wildman–Crippen LogP) is 3.95. The van der Waals surface area contributed by atoms with Gasteiger partial charge in [0.25, 0.3) is 5.56 Å². The maximum Gasteiger partial charge on any atom is 0.263 e. The number of fused-ring (bicyclic) bond motifs is 2. The van der Waals surface area contributed by atoms with Crippen LogP contribution in [0.5, 0.6) is 0 Å². The van der Waals surface area contributed by atoms with Gasteiger partial charge in [0.1, 0.15) is 17.7 Å². The first-order valence-electron chi connectivity index (χ1n) is 9.42. The Hall–Kier alpha value is -4.07. The molecule has 1 aromatic carbocycles. The lowest BCUT2D eigenvalue weighted by atomic mass is 9.96. The highest BCUT2D eigenvalue weighted by Crippen LogP contribution is 2.29. The van der Waals surface area contributed by atoms with Crippen LogP contribution in [0.1, 0.15) is 18.5 Å². The number of rotatable bonds is 4. The molecule has 8 heteroatoms. The summed E-state index contributed by atoms with van der Waals surface area (Å²) >= 11 is 0. The van der Waals surface area contributed by atoms with E-state index in [1.54, 1.807) is 12.4 Å². The SMILES string of the molecule is C[C@H](Nc1ncnc2nc[nH]c12)c1cc2ccc(F)cn2c(=O)c1-c1ccccc1. The van der Waals surface area contributed by atoms with E-state index in [2.05, 4.69) is 25.3 Å². The van der Waals surface area contributed by atoms with Gasteiger partial charge in [-0.15, -0.1) is 0 Å². The first-order valence-corrected chi connectivity index (χ1v) is 9.42. The summed E-state index contributed by atoms with van der Waals surface area (Å²) < 4.78 is 15.2. The van der Waals surface area contributed by atoms with Gasteiger partial charge in [0.2, 0.25) is 0 Å². The average Bonchev–Trinajstić information content (AvgIpc) is 3.24. The highest BCUT2D eigenvalue weighted by atomic mass is 19.1. The van der Waals surface area contributed by atoms with Crippen molar-refractivity contribution >= 4 is 22.5 Å². The van der Waals surface area contributed by atoms with Crippen LogP contribution in [-0.2, 0) is 0 Å². The molecule has 0 unspecified atom stereocenters. The van der Waals surface area contributed by atoms with E-state index < -0.39 is 5.82 Å². The Balaban J connectivity index is 1.70. The maximum atomic E-state index is 13.8. The van der Waals surface area contributed by atoms with E-state index in [0.29, 0.717) is 28.1 Å². The summed E-state index contributed by atoms with van der Waals surface area (Å²) in [5, 5.41) is 3.36. The number of imidazole rings is 1. The molecule has 148 valence electrons. The van der Waals surface area contributed by atoms with Crippen LogP contribution < -0.4 is 10.9 Å². The number of nitrogens with zero attached hydrogens (tertiary/aromatic N) is 4. The molecule has 0 saturated heterocycles. The fraction of sp³-hybridized carbons (Fsp3) is 0.0909. The molecule has 5 aromatic rings.